The summed E-state index contributed by atoms with van der Waals surface area (Å²) in [4.78, 5) is 9.58. The number of rotatable bonds is 10. The van der Waals surface area contributed by atoms with E-state index in [1.807, 2.05) is 12.1 Å². The lowest BCUT2D eigenvalue weighted by Crippen LogP contribution is -2.43. The number of likely N-dealkylation sites (N-methyl/N-ethyl adjacent to an activating group) is 2. The first-order chi connectivity index (χ1) is 13.1. The van der Waals surface area contributed by atoms with Gasteiger partial charge in [-0.25, -0.2) is 0 Å². The van der Waals surface area contributed by atoms with E-state index in [-0.39, 0.29) is 6.04 Å². The fraction of sp³-hybridized carbons (Fsp3) is 0.667. The standard InChI is InChI=1S/C21H37N5O/c1-5-25(6-2)20(17-10-8-12-19(14-17)27-4)16-24-21(22)23-15-18-11-9-13-26(18)7-3/h8,10,12,14,18,20H,5-7,9,11,13,15-16H2,1-4H3,(H3,22,23,24). The molecule has 6 heteroatoms. The molecule has 0 radical (unpaired) electrons. The third kappa shape index (κ3) is 6.11. The summed E-state index contributed by atoms with van der Waals surface area (Å²) in [5, 5.41) is 3.34. The number of benzene rings is 1. The molecule has 0 aliphatic carbocycles. The Bertz CT molecular complexity index is 588. The molecule has 0 bridgehead atoms. The molecular weight excluding hydrogens is 338 g/mol. The summed E-state index contributed by atoms with van der Waals surface area (Å²) in [5.74, 6) is 1.42. The molecular formula is C21H37N5O. The third-order valence-corrected chi connectivity index (χ3v) is 5.59. The van der Waals surface area contributed by atoms with Gasteiger partial charge in [0.2, 0.25) is 0 Å². The summed E-state index contributed by atoms with van der Waals surface area (Å²) >= 11 is 0. The van der Waals surface area contributed by atoms with Crippen LogP contribution in [0.3, 0.4) is 0 Å². The highest BCUT2D eigenvalue weighted by molar-refractivity contribution is 5.77. The van der Waals surface area contributed by atoms with Crippen LogP contribution in [0, 0.1) is 0 Å². The van der Waals surface area contributed by atoms with Gasteiger partial charge in [-0.05, 0) is 56.7 Å². The molecule has 1 aliphatic rings. The van der Waals surface area contributed by atoms with Crippen molar-refractivity contribution in [2.75, 3.05) is 46.4 Å². The van der Waals surface area contributed by atoms with Gasteiger partial charge < -0.3 is 15.8 Å². The molecule has 2 atom stereocenters. The maximum atomic E-state index is 6.18. The van der Waals surface area contributed by atoms with Crippen LogP contribution in [0.15, 0.2) is 29.3 Å². The summed E-state index contributed by atoms with van der Waals surface area (Å²) in [7, 11) is 1.70. The van der Waals surface area contributed by atoms with E-state index in [1.165, 1.54) is 24.9 Å². The lowest BCUT2D eigenvalue weighted by atomic mass is 10.0. The van der Waals surface area contributed by atoms with Crippen LogP contribution in [-0.2, 0) is 0 Å². The van der Waals surface area contributed by atoms with Crippen molar-refractivity contribution in [1.29, 1.82) is 0 Å². The third-order valence-electron chi connectivity index (χ3n) is 5.59. The molecule has 0 amide bonds. The van der Waals surface area contributed by atoms with E-state index in [4.69, 9.17) is 10.5 Å². The molecule has 27 heavy (non-hydrogen) atoms. The minimum Gasteiger partial charge on any atom is -0.497 e. The van der Waals surface area contributed by atoms with Gasteiger partial charge >= 0.3 is 0 Å². The van der Waals surface area contributed by atoms with E-state index in [0.29, 0.717) is 18.5 Å². The summed E-state index contributed by atoms with van der Waals surface area (Å²) in [6.45, 7) is 12.3. The summed E-state index contributed by atoms with van der Waals surface area (Å²) in [6, 6.07) is 9.01. The van der Waals surface area contributed by atoms with Crippen LogP contribution in [0.1, 0.15) is 45.2 Å². The molecule has 0 saturated carbocycles. The molecule has 2 rings (SSSR count). The molecule has 6 nitrogen and oxygen atoms in total. The van der Waals surface area contributed by atoms with Crippen LogP contribution >= 0.6 is 0 Å². The quantitative estimate of drug-likeness (QED) is 0.486. The first-order valence-corrected chi connectivity index (χ1v) is 10.3. The molecule has 0 spiro atoms. The minimum atomic E-state index is 0.189. The van der Waals surface area contributed by atoms with Gasteiger partial charge in [0.15, 0.2) is 5.96 Å². The Morgan fingerprint density at radius 3 is 2.81 bits per heavy atom. The molecule has 1 aromatic carbocycles. The van der Waals surface area contributed by atoms with Crippen molar-refractivity contribution < 1.29 is 4.74 Å². The zero-order chi connectivity index (χ0) is 19.6. The Balaban J connectivity index is 2.02. The number of methoxy groups -OCH3 is 1. The fourth-order valence-electron chi connectivity index (χ4n) is 3.95. The molecule has 1 fully saturated rings. The van der Waals surface area contributed by atoms with Crippen molar-refractivity contribution in [3.8, 4) is 5.75 Å². The number of likely N-dealkylation sites (tertiary alicyclic amines) is 1. The summed E-state index contributed by atoms with van der Waals surface area (Å²) in [6.07, 6.45) is 2.51. The van der Waals surface area contributed by atoms with Gasteiger partial charge in [0, 0.05) is 12.6 Å². The molecule has 1 aliphatic heterocycles. The Labute approximate surface area is 164 Å². The monoisotopic (exact) mass is 375 g/mol. The lowest BCUT2D eigenvalue weighted by Gasteiger charge is -2.29. The molecule has 1 saturated heterocycles. The molecule has 3 N–H and O–H groups in total. The van der Waals surface area contributed by atoms with E-state index in [0.717, 1.165) is 31.9 Å². The van der Waals surface area contributed by atoms with Crippen LogP contribution in [0.25, 0.3) is 0 Å². The number of ether oxygens (including phenoxy) is 1. The van der Waals surface area contributed by atoms with Crippen molar-refractivity contribution in [3.05, 3.63) is 29.8 Å². The summed E-state index contributed by atoms with van der Waals surface area (Å²) in [5.41, 5.74) is 7.39. The first-order valence-electron chi connectivity index (χ1n) is 10.3. The predicted molar refractivity (Wildman–Crippen MR) is 113 cm³/mol. The second-order valence-corrected chi connectivity index (χ2v) is 7.05. The topological polar surface area (TPSA) is 66.1 Å². The van der Waals surface area contributed by atoms with E-state index in [2.05, 4.69) is 53.0 Å². The minimum absolute atomic E-state index is 0.189. The van der Waals surface area contributed by atoms with E-state index in [9.17, 15) is 0 Å². The zero-order valence-electron chi connectivity index (χ0n) is 17.4. The van der Waals surface area contributed by atoms with Crippen LogP contribution in [-0.4, -0.2) is 68.2 Å². The highest BCUT2D eigenvalue weighted by atomic mass is 16.5. The Hall–Kier alpha value is -1.79. The molecule has 1 aromatic rings. The largest absolute Gasteiger partial charge is 0.497 e. The number of guanidine groups is 1. The highest BCUT2D eigenvalue weighted by Gasteiger charge is 2.23. The number of nitrogens with zero attached hydrogens (tertiary/aromatic N) is 3. The van der Waals surface area contributed by atoms with Crippen LogP contribution in [0.2, 0.25) is 0 Å². The van der Waals surface area contributed by atoms with Crippen LogP contribution in [0.4, 0.5) is 0 Å². The maximum absolute atomic E-state index is 6.18. The van der Waals surface area contributed by atoms with Gasteiger partial charge in [0.1, 0.15) is 5.75 Å². The number of nitrogens with one attached hydrogen (secondary N) is 1. The smallest absolute Gasteiger partial charge is 0.188 e. The van der Waals surface area contributed by atoms with Crippen LogP contribution < -0.4 is 15.8 Å². The van der Waals surface area contributed by atoms with Gasteiger partial charge in [0.25, 0.3) is 0 Å². The van der Waals surface area contributed by atoms with Crippen molar-refractivity contribution in [1.82, 2.24) is 15.1 Å². The first kappa shape index (κ1) is 21.5. The van der Waals surface area contributed by atoms with Gasteiger partial charge in [-0.1, -0.05) is 32.9 Å². The Morgan fingerprint density at radius 2 is 2.15 bits per heavy atom. The van der Waals surface area contributed by atoms with Gasteiger partial charge in [-0.3, -0.25) is 14.8 Å². The van der Waals surface area contributed by atoms with E-state index < -0.39 is 0 Å². The van der Waals surface area contributed by atoms with E-state index >= 15 is 0 Å². The SMILES string of the molecule is CCN1CCCC1CNC(N)=NCC(c1cccc(OC)c1)N(CC)CC. The van der Waals surface area contributed by atoms with Crippen molar-refractivity contribution >= 4 is 5.96 Å². The van der Waals surface area contributed by atoms with Gasteiger partial charge in [-0.15, -0.1) is 0 Å². The molecule has 0 aromatic heterocycles. The average molecular weight is 376 g/mol. The van der Waals surface area contributed by atoms with Crippen LogP contribution in [0.5, 0.6) is 5.75 Å². The van der Waals surface area contributed by atoms with Crippen molar-refractivity contribution in [3.63, 3.8) is 0 Å². The number of aliphatic imine (C=N–C) groups is 1. The molecule has 152 valence electrons. The second-order valence-electron chi connectivity index (χ2n) is 7.05. The maximum Gasteiger partial charge on any atom is 0.188 e. The molecule has 1 heterocycles. The lowest BCUT2D eigenvalue weighted by molar-refractivity contribution is 0.224. The van der Waals surface area contributed by atoms with Gasteiger partial charge in [0.05, 0.1) is 19.7 Å². The summed E-state index contributed by atoms with van der Waals surface area (Å²) < 4.78 is 5.40. The number of hydrogen-bond donors (Lipinski definition) is 2. The average Bonchev–Trinajstić information content (AvgIpc) is 3.17. The van der Waals surface area contributed by atoms with Crippen molar-refractivity contribution in [2.45, 2.75) is 45.7 Å². The Morgan fingerprint density at radius 1 is 1.37 bits per heavy atom. The fourth-order valence-corrected chi connectivity index (χ4v) is 3.95. The number of nitrogens with two attached hydrogens (primary N) is 1. The normalized spacial score (nSPS) is 19.4. The highest BCUT2D eigenvalue weighted by Crippen LogP contribution is 2.24. The Kier molecular flexibility index (Phi) is 8.88. The van der Waals surface area contributed by atoms with Crippen molar-refractivity contribution in [2.24, 2.45) is 10.7 Å². The van der Waals surface area contributed by atoms with E-state index in [1.54, 1.807) is 7.11 Å². The number of hydrogen-bond acceptors (Lipinski definition) is 4. The second kappa shape index (κ2) is 11.1. The van der Waals surface area contributed by atoms with Gasteiger partial charge in [-0.2, -0.15) is 0 Å². The zero-order valence-corrected chi connectivity index (χ0v) is 17.4. The predicted octanol–water partition coefficient (Wildman–Crippen LogP) is 2.47. The molecule has 2 unspecified atom stereocenters.